The number of aliphatic hydroxyl groups excluding tert-OH is 1. The van der Waals surface area contributed by atoms with E-state index in [9.17, 15) is 27.5 Å². The van der Waals surface area contributed by atoms with Gasteiger partial charge in [0.1, 0.15) is 10.7 Å². The number of halogens is 1. The van der Waals surface area contributed by atoms with E-state index in [1.807, 2.05) is 0 Å². The number of rotatable bonds is 6. The van der Waals surface area contributed by atoms with Crippen LogP contribution >= 0.6 is 0 Å². The minimum Gasteiger partial charge on any atom is -0.392 e. The van der Waals surface area contributed by atoms with Crippen LogP contribution in [-0.2, 0) is 21.4 Å². The first-order valence-corrected chi connectivity index (χ1v) is 9.37. The van der Waals surface area contributed by atoms with Crippen LogP contribution < -0.4 is 15.8 Å². The maximum absolute atomic E-state index is 13.9. The number of benzene rings is 2. The first-order valence-electron chi connectivity index (χ1n) is 7.83. The molecule has 144 valence electrons. The largest absolute Gasteiger partial charge is 0.392 e. The van der Waals surface area contributed by atoms with Crippen molar-refractivity contribution in [2.45, 2.75) is 24.8 Å². The van der Waals surface area contributed by atoms with Gasteiger partial charge in [-0.1, -0.05) is 13.0 Å². The molecule has 0 aliphatic rings. The third-order valence-corrected chi connectivity index (χ3v) is 4.58. The van der Waals surface area contributed by atoms with Crippen molar-refractivity contribution in [1.29, 1.82) is 0 Å². The predicted molar refractivity (Wildman–Crippen MR) is 97.0 cm³/mol. The molecular formula is C17H18FN3O5S. The van der Waals surface area contributed by atoms with Gasteiger partial charge >= 0.3 is 0 Å². The highest BCUT2D eigenvalue weighted by Crippen LogP contribution is 2.21. The standard InChI is InChI=1S/C17H18FN3O5S/c1-2-16(23)21-14-7-10(3-4-11(14)9-22)17(24)20-12-5-6-15(13(18)8-12)27(19,25)26/h3-8,22H,2,9H2,1H3,(H,20,24)(H,21,23)(H2,19,25,26). The molecule has 2 rings (SSSR count). The summed E-state index contributed by atoms with van der Waals surface area (Å²) in [6.07, 6.45) is 0.219. The van der Waals surface area contributed by atoms with E-state index in [-0.39, 0.29) is 35.9 Å². The summed E-state index contributed by atoms with van der Waals surface area (Å²) in [5.74, 6) is -2.00. The highest BCUT2D eigenvalue weighted by molar-refractivity contribution is 7.89. The summed E-state index contributed by atoms with van der Waals surface area (Å²) in [7, 11) is -4.21. The van der Waals surface area contributed by atoms with E-state index in [1.54, 1.807) is 6.92 Å². The van der Waals surface area contributed by atoms with Crippen molar-refractivity contribution in [3.8, 4) is 0 Å². The number of carbonyl (C=O) groups excluding carboxylic acids is 2. The SMILES string of the molecule is CCC(=O)Nc1cc(C(=O)Nc2ccc(S(N)(=O)=O)c(F)c2)ccc1CO. The van der Waals surface area contributed by atoms with Crippen molar-refractivity contribution < 1.29 is 27.5 Å². The van der Waals surface area contributed by atoms with Gasteiger partial charge < -0.3 is 15.7 Å². The number of hydrogen-bond donors (Lipinski definition) is 4. The Hall–Kier alpha value is -2.82. The fourth-order valence-electron chi connectivity index (χ4n) is 2.22. The summed E-state index contributed by atoms with van der Waals surface area (Å²) >= 11 is 0. The number of amides is 2. The second-order valence-corrected chi connectivity index (χ2v) is 7.11. The van der Waals surface area contributed by atoms with Crippen molar-refractivity contribution in [3.05, 3.63) is 53.3 Å². The molecule has 0 saturated heterocycles. The Morgan fingerprint density at radius 1 is 1.15 bits per heavy atom. The highest BCUT2D eigenvalue weighted by atomic mass is 32.2. The summed E-state index contributed by atoms with van der Waals surface area (Å²) in [4.78, 5) is 23.3. The molecule has 0 bridgehead atoms. The van der Waals surface area contributed by atoms with E-state index in [0.29, 0.717) is 5.56 Å². The quantitative estimate of drug-likeness (QED) is 0.588. The number of sulfonamides is 1. The molecule has 0 atom stereocenters. The van der Waals surface area contributed by atoms with Crippen LogP contribution in [0.3, 0.4) is 0 Å². The number of hydrogen-bond acceptors (Lipinski definition) is 5. The van der Waals surface area contributed by atoms with E-state index in [2.05, 4.69) is 10.6 Å². The minimum atomic E-state index is -4.21. The van der Waals surface area contributed by atoms with Gasteiger partial charge in [0.05, 0.1) is 6.61 Å². The van der Waals surface area contributed by atoms with Crippen LogP contribution in [0.4, 0.5) is 15.8 Å². The summed E-state index contributed by atoms with van der Waals surface area (Å²) in [5, 5.41) is 19.2. The molecule has 0 saturated carbocycles. The van der Waals surface area contributed by atoms with E-state index in [1.165, 1.54) is 24.3 Å². The Balaban J connectivity index is 2.27. The van der Waals surface area contributed by atoms with E-state index >= 15 is 0 Å². The first kappa shape index (κ1) is 20.5. The van der Waals surface area contributed by atoms with Gasteiger partial charge in [-0.2, -0.15) is 0 Å². The third-order valence-electron chi connectivity index (χ3n) is 3.63. The van der Waals surface area contributed by atoms with Crippen LogP contribution in [0.2, 0.25) is 0 Å². The fraction of sp³-hybridized carbons (Fsp3) is 0.176. The summed E-state index contributed by atoms with van der Waals surface area (Å²) in [5.41, 5.74) is 0.884. The second kappa shape index (κ2) is 8.25. The van der Waals surface area contributed by atoms with Gasteiger partial charge in [0.15, 0.2) is 0 Å². The van der Waals surface area contributed by atoms with Gasteiger partial charge in [0.25, 0.3) is 5.91 Å². The number of nitrogens with two attached hydrogens (primary N) is 1. The first-order chi connectivity index (χ1) is 12.7. The lowest BCUT2D eigenvalue weighted by Crippen LogP contribution is -2.16. The number of nitrogens with one attached hydrogen (secondary N) is 2. The minimum absolute atomic E-state index is 0.0234. The van der Waals surface area contributed by atoms with Gasteiger partial charge in [0.2, 0.25) is 15.9 Å². The zero-order chi connectivity index (χ0) is 20.2. The summed E-state index contributed by atoms with van der Waals surface area (Å²) in [6, 6.07) is 7.26. The molecule has 0 aromatic heterocycles. The van der Waals surface area contributed by atoms with Crippen LogP contribution in [0.5, 0.6) is 0 Å². The molecule has 0 spiro atoms. The van der Waals surface area contributed by atoms with Crippen LogP contribution in [-0.4, -0.2) is 25.3 Å². The molecule has 0 aliphatic carbocycles. The molecule has 2 aromatic carbocycles. The van der Waals surface area contributed by atoms with Crippen LogP contribution in [0, 0.1) is 5.82 Å². The molecule has 0 aliphatic heterocycles. The van der Waals surface area contributed by atoms with E-state index in [0.717, 1.165) is 12.1 Å². The monoisotopic (exact) mass is 395 g/mol. The van der Waals surface area contributed by atoms with Crippen molar-refractivity contribution >= 4 is 33.2 Å². The zero-order valence-electron chi connectivity index (χ0n) is 14.3. The van der Waals surface area contributed by atoms with Gasteiger partial charge in [0, 0.05) is 28.9 Å². The average molecular weight is 395 g/mol. The molecule has 0 heterocycles. The Morgan fingerprint density at radius 2 is 1.85 bits per heavy atom. The van der Waals surface area contributed by atoms with Crippen molar-refractivity contribution in [2.24, 2.45) is 5.14 Å². The molecule has 8 nitrogen and oxygen atoms in total. The van der Waals surface area contributed by atoms with Gasteiger partial charge in [-0.15, -0.1) is 0 Å². The topological polar surface area (TPSA) is 139 Å². The molecule has 0 fully saturated rings. The molecule has 27 heavy (non-hydrogen) atoms. The molecule has 0 unspecified atom stereocenters. The van der Waals surface area contributed by atoms with Crippen molar-refractivity contribution in [3.63, 3.8) is 0 Å². The number of aliphatic hydroxyl groups is 1. The maximum atomic E-state index is 13.9. The summed E-state index contributed by atoms with van der Waals surface area (Å²) < 4.78 is 36.3. The van der Waals surface area contributed by atoms with Crippen LogP contribution in [0.25, 0.3) is 0 Å². The Labute approximate surface area is 155 Å². The smallest absolute Gasteiger partial charge is 0.255 e. The van der Waals surface area contributed by atoms with E-state index in [4.69, 9.17) is 5.14 Å². The Kier molecular flexibility index (Phi) is 6.26. The molecule has 2 aromatic rings. The lowest BCUT2D eigenvalue weighted by Gasteiger charge is -2.12. The van der Waals surface area contributed by atoms with Crippen molar-refractivity contribution in [2.75, 3.05) is 10.6 Å². The average Bonchev–Trinajstić information content (AvgIpc) is 2.60. The summed E-state index contributed by atoms with van der Waals surface area (Å²) in [6.45, 7) is 1.33. The number of primary sulfonamides is 1. The number of anilines is 2. The Morgan fingerprint density at radius 3 is 2.41 bits per heavy atom. The highest BCUT2D eigenvalue weighted by Gasteiger charge is 2.16. The van der Waals surface area contributed by atoms with Crippen LogP contribution in [0.1, 0.15) is 29.3 Å². The lowest BCUT2D eigenvalue weighted by molar-refractivity contribution is -0.115. The molecular weight excluding hydrogens is 377 g/mol. The van der Waals surface area contributed by atoms with E-state index < -0.39 is 26.6 Å². The lowest BCUT2D eigenvalue weighted by atomic mass is 10.1. The van der Waals surface area contributed by atoms with Gasteiger partial charge in [-0.3, -0.25) is 9.59 Å². The maximum Gasteiger partial charge on any atom is 0.255 e. The second-order valence-electron chi connectivity index (χ2n) is 5.58. The van der Waals surface area contributed by atoms with Gasteiger partial charge in [-0.05, 0) is 30.3 Å². The van der Waals surface area contributed by atoms with Gasteiger partial charge in [-0.25, -0.2) is 17.9 Å². The molecule has 2 amide bonds. The molecule has 5 N–H and O–H groups in total. The third kappa shape index (κ3) is 5.09. The van der Waals surface area contributed by atoms with Crippen molar-refractivity contribution in [1.82, 2.24) is 0 Å². The normalized spacial score (nSPS) is 11.1. The van der Waals surface area contributed by atoms with Crippen LogP contribution in [0.15, 0.2) is 41.3 Å². The Bertz CT molecular complexity index is 992. The molecule has 10 heteroatoms. The fourth-order valence-corrected chi connectivity index (χ4v) is 2.81. The molecule has 0 radical (unpaired) electrons. The number of carbonyl (C=O) groups is 2. The predicted octanol–water partition coefficient (Wildman–Crippen LogP) is 1.57. The zero-order valence-corrected chi connectivity index (χ0v) is 15.1.